The van der Waals surface area contributed by atoms with Crippen LogP contribution in [0.1, 0.15) is 0 Å². The minimum absolute atomic E-state index is 0.746. The van der Waals surface area contributed by atoms with Gasteiger partial charge in [0, 0.05) is 0 Å². The summed E-state index contributed by atoms with van der Waals surface area (Å²) in [6, 6.07) is 0. The van der Waals surface area contributed by atoms with E-state index in [2.05, 4.69) is 4.52 Å². The molecular formula is C3H9O5P. The van der Waals surface area contributed by atoms with Crippen LogP contribution in [-0.2, 0) is 9.09 Å². The number of hydrogen-bond donors (Lipinski definition) is 3. The van der Waals surface area contributed by atoms with Crippen LogP contribution in [0, 0.1) is 0 Å². The fourth-order valence-corrected chi connectivity index (χ4v) is 0.695. The van der Waals surface area contributed by atoms with Crippen molar-refractivity contribution in [3.05, 3.63) is 0 Å². The molecule has 6 heteroatoms. The van der Waals surface area contributed by atoms with E-state index >= 15 is 0 Å². The minimum atomic E-state index is -3.32. The van der Waals surface area contributed by atoms with E-state index in [-0.39, 0.29) is 0 Å². The van der Waals surface area contributed by atoms with Crippen LogP contribution in [0.3, 0.4) is 0 Å². The summed E-state index contributed by atoms with van der Waals surface area (Å²) in [6.45, 7) is -0.752. The first-order valence-corrected chi connectivity index (χ1v) is 4.23. The zero-order valence-electron chi connectivity index (χ0n) is 4.73. The molecule has 0 amide bonds. The number of rotatable bonds is 4. The lowest BCUT2D eigenvalue weighted by atomic mass is 11.6. The van der Waals surface area contributed by atoms with Gasteiger partial charge in [0.05, 0.1) is 0 Å². The molecule has 0 saturated heterocycles. The van der Waals surface area contributed by atoms with Gasteiger partial charge in [-0.3, -0.25) is 9.09 Å². The summed E-state index contributed by atoms with van der Waals surface area (Å²) in [7, 11) is -3.32. The van der Waals surface area contributed by atoms with Gasteiger partial charge in [-0.1, -0.05) is 0 Å². The topological polar surface area (TPSA) is 87.0 Å². The summed E-state index contributed by atoms with van der Waals surface area (Å²) in [4.78, 5) is 0. The highest BCUT2D eigenvalue weighted by Crippen LogP contribution is 2.43. The summed E-state index contributed by atoms with van der Waals surface area (Å²) in [5, 5.41) is 24.6. The molecule has 0 bridgehead atoms. The molecule has 0 saturated carbocycles. The standard InChI is InChI=1S/C3H9O5P/c4-1-8-9(7,2-5)3-6/h4-6H,1-3H2. The van der Waals surface area contributed by atoms with Gasteiger partial charge in [-0.05, 0) is 0 Å². The first kappa shape index (κ1) is 9.07. The zero-order chi connectivity index (χ0) is 7.33. The molecule has 0 aromatic carbocycles. The Bertz CT molecular complexity index is 105. The highest BCUT2D eigenvalue weighted by molar-refractivity contribution is 7.58. The highest BCUT2D eigenvalue weighted by Gasteiger charge is 2.19. The Morgan fingerprint density at radius 3 is 1.78 bits per heavy atom. The second-order valence-electron chi connectivity index (χ2n) is 1.36. The summed E-state index contributed by atoms with van der Waals surface area (Å²) in [5.74, 6) is 0. The van der Waals surface area contributed by atoms with Gasteiger partial charge in [0.1, 0.15) is 12.7 Å². The van der Waals surface area contributed by atoms with Crippen LogP contribution in [0.15, 0.2) is 0 Å². The van der Waals surface area contributed by atoms with Gasteiger partial charge in [-0.15, -0.1) is 0 Å². The van der Waals surface area contributed by atoms with Gasteiger partial charge in [0.15, 0.2) is 6.79 Å². The van der Waals surface area contributed by atoms with Gasteiger partial charge in [0.2, 0.25) is 0 Å². The maximum atomic E-state index is 10.7. The van der Waals surface area contributed by atoms with E-state index in [0.717, 1.165) is 0 Å². The molecule has 0 aromatic rings. The van der Waals surface area contributed by atoms with E-state index in [9.17, 15) is 4.57 Å². The molecule has 0 unspecified atom stereocenters. The molecule has 0 heterocycles. The van der Waals surface area contributed by atoms with Crippen molar-refractivity contribution in [3.63, 3.8) is 0 Å². The Kier molecular flexibility index (Phi) is 4.01. The lowest BCUT2D eigenvalue weighted by Gasteiger charge is -2.09. The largest absolute Gasteiger partial charge is 0.386 e. The third-order valence-electron chi connectivity index (χ3n) is 0.724. The third-order valence-corrected chi connectivity index (χ3v) is 2.17. The SMILES string of the molecule is O=P(CO)(CO)OCO. The molecule has 3 N–H and O–H groups in total. The lowest BCUT2D eigenvalue weighted by Crippen LogP contribution is -1.99. The molecule has 5 nitrogen and oxygen atoms in total. The predicted octanol–water partition coefficient (Wildman–Crippen LogP) is -0.870. The van der Waals surface area contributed by atoms with Crippen LogP contribution in [-0.4, -0.2) is 34.8 Å². The summed E-state index contributed by atoms with van der Waals surface area (Å²) >= 11 is 0. The molecule has 0 aromatic heterocycles. The van der Waals surface area contributed by atoms with E-state index in [1.807, 2.05) is 0 Å². The van der Waals surface area contributed by atoms with E-state index in [4.69, 9.17) is 15.3 Å². The molecular weight excluding hydrogens is 147 g/mol. The average molecular weight is 156 g/mol. The Morgan fingerprint density at radius 1 is 1.22 bits per heavy atom. The Hall–Kier alpha value is 0.0700. The van der Waals surface area contributed by atoms with Crippen LogP contribution in [0.5, 0.6) is 0 Å². The molecule has 0 fully saturated rings. The van der Waals surface area contributed by atoms with Crippen molar-refractivity contribution in [1.82, 2.24) is 0 Å². The first-order valence-electron chi connectivity index (χ1n) is 2.23. The molecule has 0 radical (unpaired) electrons. The van der Waals surface area contributed by atoms with Crippen molar-refractivity contribution in [2.24, 2.45) is 0 Å². The lowest BCUT2D eigenvalue weighted by molar-refractivity contribution is 0.0913. The van der Waals surface area contributed by atoms with Gasteiger partial charge in [-0.25, -0.2) is 0 Å². The molecule has 0 aliphatic heterocycles. The maximum Gasteiger partial charge on any atom is 0.254 e. The van der Waals surface area contributed by atoms with Gasteiger partial charge in [-0.2, -0.15) is 0 Å². The van der Waals surface area contributed by atoms with Crippen molar-refractivity contribution in [2.45, 2.75) is 0 Å². The van der Waals surface area contributed by atoms with Crippen molar-refractivity contribution in [2.75, 3.05) is 19.5 Å². The Morgan fingerprint density at radius 2 is 1.67 bits per heavy atom. The fraction of sp³-hybridized carbons (Fsp3) is 1.00. The van der Waals surface area contributed by atoms with Crippen LogP contribution in [0.4, 0.5) is 0 Å². The zero-order valence-corrected chi connectivity index (χ0v) is 5.62. The van der Waals surface area contributed by atoms with Crippen LogP contribution >= 0.6 is 7.37 Å². The van der Waals surface area contributed by atoms with Crippen molar-refractivity contribution in [3.8, 4) is 0 Å². The van der Waals surface area contributed by atoms with Crippen molar-refractivity contribution >= 4 is 7.37 Å². The van der Waals surface area contributed by atoms with Gasteiger partial charge >= 0.3 is 0 Å². The third kappa shape index (κ3) is 2.93. The molecule has 0 rings (SSSR count). The van der Waals surface area contributed by atoms with Crippen molar-refractivity contribution < 1.29 is 24.4 Å². The molecule has 0 atom stereocenters. The molecule has 9 heavy (non-hydrogen) atoms. The summed E-state index contributed by atoms with van der Waals surface area (Å²) < 4.78 is 14.8. The fourth-order valence-electron chi connectivity index (χ4n) is 0.232. The Labute approximate surface area is 52.3 Å². The normalized spacial score (nSPS) is 11.9. The number of aliphatic hydroxyl groups is 3. The van der Waals surface area contributed by atoms with E-state index in [1.54, 1.807) is 0 Å². The Balaban J connectivity index is 3.78. The van der Waals surface area contributed by atoms with Gasteiger partial charge < -0.3 is 15.3 Å². The predicted molar refractivity (Wildman–Crippen MR) is 29.9 cm³/mol. The van der Waals surface area contributed by atoms with Crippen LogP contribution in [0.2, 0.25) is 0 Å². The monoisotopic (exact) mass is 156 g/mol. The highest BCUT2D eigenvalue weighted by atomic mass is 31.2. The first-order chi connectivity index (χ1) is 4.18. The number of hydrogen-bond acceptors (Lipinski definition) is 5. The summed E-state index contributed by atoms with van der Waals surface area (Å²) in [6.07, 6.45) is -1.49. The molecule has 0 aliphatic rings. The quantitative estimate of drug-likeness (QED) is 0.364. The number of aliphatic hydroxyl groups excluding tert-OH is 3. The maximum absolute atomic E-state index is 10.7. The summed E-state index contributed by atoms with van der Waals surface area (Å²) in [5.41, 5.74) is 0. The second kappa shape index (κ2) is 3.98. The minimum Gasteiger partial charge on any atom is -0.386 e. The van der Waals surface area contributed by atoms with Crippen LogP contribution < -0.4 is 0 Å². The van der Waals surface area contributed by atoms with Crippen LogP contribution in [0.25, 0.3) is 0 Å². The van der Waals surface area contributed by atoms with E-state index in [1.165, 1.54) is 0 Å². The van der Waals surface area contributed by atoms with E-state index < -0.39 is 26.9 Å². The molecule has 56 valence electrons. The average Bonchev–Trinajstić information content (AvgIpc) is 1.89. The smallest absolute Gasteiger partial charge is 0.254 e. The molecule has 0 aliphatic carbocycles. The van der Waals surface area contributed by atoms with E-state index in [0.29, 0.717) is 0 Å². The van der Waals surface area contributed by atoms with Crippen molar-refractivity contribution in [1.29, 1.82) is 0 Å². The van der Waals surface area contributed by atoms with Gasteiger partial charge in [0.25, 0.3) is 7.37 Å². The second-order valence-corrected chi connectivity index (χ2v) is 3.81. The molecule has 0 spiro atoms.